The summed E-state index contributed by atoms with van der Waals surface area (Å²) in [6.45, 7) is 3.99. The Kier molecular flexibility index (Phi) is 5.89. The van der Waals surface area contributed by atoms with Gasteiger partial charge in [0.25, 0.3) is 5.91 Å². The fourth-order valence-corrected chi connectivity index (χ4v) is 3.17. The van der Waals surface area contributed by atoms with E-state index < -0.39 is 0 Å². The van der Waals surface area contributed by atoms with Gasteiger partial charge in [-0.05, 0) is 62.2 Å². The second kappa shape index (κ2) is 8.52. The summed E-state index contributed by atoms with van der Waals surface area (Å²) in [4.78, 5) is 23.9. The lowest BCUT2D eigenvalue weighted by molar-refractivity contribution is -0.116. The van der Waals surface area contributed by atoms with Crippen molar-refractivity contribution in [1.82, 2.24) is 15.1 Å². The summed E-state index contributed by atoms with van der Waals surface area (Å²) >= 11 is 0. The number of nitrogens with one attached hydrogen (secondary N) is 2. The second-order valence-electron chi connectivity index (χ2n) is 6.60. The minimum Gasteiger partial charge on any atom is -0.355 e. The molecule has 0 radical (unpaired) electrons. The van der Waals surface area contributed by atoms with Gasteiger partial charge in [-0.25, -0.2) is 4.68 Å². The first-order valence-corrected chi connectivity index (χ1v) is 9.22. The predicted octanol–water partition coefficient (Wildman–Crippen LogP) is 3.42. The molecular formula is C22H24N4O2. The van der Waals surface area contributed by atoms with E-state index in [4.69, 9.17) is 0 Å². The van der Waals surface area contributed by atoms with Gasteiger partial charge in [-0.15, -0.1) is 0 Å². The van der Waals surface area contributed by atoms with E-state index in [2.05, 4.69) is 15.7 Å². The number of hydrogen-bond acceptors (Lipinski definition) is 3. The average Bonchev–Trinajstić information content (AvgIpc) is 3.00. The molecule has 6 heteroatoms. The molecule has 0 spiro atoms. The summed E-state index contributed by atoms with van der Waals surface area (Å²) in [5.74, 6) is -0.224. The van der Waals surface area contributed by atoms with Crippen LogP contribution in [0.2, 0.25) is 0 Å². The average molecular weight is 376 g/mol. The molecule has 0 atom stereocenters. The van der Waals surface area contributed by atoms with Crippen LogP contribution in [0.3, 0.4) is 0 Å². The Morgan fingerprint density at radius 2 is 1.68 bits per heavy atom. The van der Waals surface area contributed by atoms with Gasteiger partial charge >= 0.3 is 0 Å². The molecule has 2 N–H and O–H groups in total. The van der Waals surface area contributed by atoms with Crippen LogP contribution >= 0.6 is 0 Å². The highest BCUT2D eigenvalue weighted by Crippen LogP contribution is 2.19. The summed E-state index contributed by atoms with van der Waals surface area (Å²) in [5, 5.41) is 10.1. The number of nitrogens with zero attached hydrogens (tertiary/aromatic N) is 2. The minimum atomic E-state index is -0.153. The summed E-state index contributed by atoms with van der Waals surface area (Å²) < 4.78 is 1.92. The van der Waals surface area contributed by atoms with E-state index in [9.17, 15) is 9.59 Å². The largest absolute Gasteiger partial charge is 0.355 e. The van der Waals surface area contributed by atoms with E-state index >= 15 is 0 Å². The molecule has 0 aliphatic rings. The Morgan fingerprint density at radius 3 is 2.32 bits per heavy atom. The normalized spacial score (nSPS) is 10.5. The third kappa shape index (κ3) is 4.28. The molecule has 3 aromatic rings. The lowest BCUT2D eigenvalue weighted by Gasteiger charge is -2.07. The van der Waals surface area contributed by atoms with E-state index in [1.165, 1.54) is 0 Å². The van der Waals surface area contributed by atoms with Crippen molar-refractivity contribution in [2.24, 2.45) is 0 Å². The van der Waals surface area contributed by atoms with E-state index in [1.54, 1.807) is 31.3 Å². The van der Waals surface area contributed by atoms with Gasteiger partial charge in [0.2, 0.25) is 5.91 Å². The topological polar surface area (TPSA) is 76.0 Å². The third-order valence-electron chi connectivity index (χ3n) is 4.70. The van der Waals surface area contributed by atoms with E-state index in [0.717, 1.165) is 22.6 Å². The molecule has 0 aliphatic carbocycles. The molecule has 0 unspecified atom stereocenters. The fraction of sp³-hybridized carbons (Fsp3) is 0.227. The van der Waals surface area contributed by atoms with Crippen molar-refractivity contribution in [2.75, 3.05) is 12.4 Å². The van der Waals surface area contributed by atoms with Crippen LogP contribution in [0.15, 0.2) is 54.6 Å². The van der Waals surface area contributed by atoms with Gasteiger partial charge in [0.15, 0.2) is 0 Å². The number of rotatable bonds is 6. The highest BCUT2D eigenvalue weighted by molar-refractivity contribution is 5.95. The number of amides is 2. The van der Waals surface area contributed by atoms with Crippen molar-refractivity contribution in [3.8, 4) is 5.69 Å². The standard InChI is InChI=1S/C22H24N4O2/c1-15-20(16(2)26(25-15)19-7-5-4-6-8-19)13-14-21(27)24-18-11-9-17(10-12-18)22(28)23-3/h4-12H,13-14H2,1-3H3,(H,23,28)(H,24,27). The lowest BCUT2D eigenvalue weighted by atomic mass is 10.1. The number of anilines is 1. The molecule has 2 aromatic carbocycles. The Morgan fingerprint density at radius 1 is 1.00 bits per heavy atom. The Labute approximate surface area is 164 Å². The van der Waals surface area contributed by atoms with Crippen molar-refractivity contribution in [1.29, 1.82) is 0 Å². The van der Waals surface area contributed by atoms with E-state index in [1.807, 2.05) is 48.9 Å². The molecule has 0 saturated carbocycles. The molecule has 6 nitrogen and oxygen atoms in total. The number of aromatic nitrogens is 2. The summed E-state index contributed by atoms with van der Waals surface area (Å²) in [6.07, 6.45) is 0.978. The molecule has 144 valence electrons. The molecule has 0 fully saturated rings. The number of hydrogen-bond donors (Lipinski definition) is 2. The van der Waals surface area contributed by atoms with Crippen molar-refractivity contribution in [2.45, 2.75) is 26.7 Å². The minimum absolute atomic E-state index is 0.0704. The predicted molar refractivity (Wildman–Crippen MR) is 110 cm³/mol. The summed E-state index contributed by atoms with van der Waals surface area (Å²) in [6, 6.07) is 16.8. The van der Waals surface area contributed by atoms with Gasteiger partial charge in [-0.3, -0.25) is 9.59 Å². The van der Waals surface area contributed by atoms with Gasteiger partial charge in [-0.2, -0.15) is 5.10 Å². The highest BCUT2D eigenvalue weighted by atomic mass is 16.2. The Balaban J connectivity index is 1.63. The molecular weight excluding hydrogens is 352 g/mol. The van der Waals surface area contributed by atoms with Crippen LogP contribution in [0.4, 0.5) is 5.69 Å². The number of para-hydroxylation sites is 1. The quantitative estimate of drug-likeness (QED) is 0.692. The zero-order valence-electron chi connectivity index (χ0n) is 16.3. The first-order chi connectivity index (χ1) is 13.5. The van der Waals surface area contributed by atoms with Crippen LogP contribution in [0.25, 0.3) is 5.69 Å². The van der Waals surface area contributed by atoms with Gasteiger partial charge < -0.3 is 10.6 Å². The van der Waals surface area contributed by atoms with Crippen molar-refractivity contribution < 1.29 is 9.59 Å². The number of aryl methyl sites for hydroxylation is 1. The maximum absolute atomic E-state index is 12.3. The van der Waals surface area contributed by atoms with E-state index in [0.29, 0.717) is 24.1 Å². The lowest BCUT2D eigenvalue weighted by Crippen LogP contribution is -2.18. The number of benzene rings is 2. The maximum atomic E-state index is 12.3. The molecule has 2 amide bonds. The third-order valence-corrected chi connectivity index (χ3v) is 4.70. The second-order valence-corrected chi connectivity index (χ2v) is 6.60. The van der Waals surface area contributed by atoms with Crippen molar-refractivity contribution in [3.63, 3.8) is 0 Å². The van der Waals surface area contributed by atoms with Gasteiger partial charge in [0.05, 0.1) is 11.4 Å². The van der Waals surface area contributed by atoms with Crippen molar-refractivity contribution >= 4 is 17.5 Å². The first kappa shape index (κ1) is 19.4. The molecule has 0 bridgehead atoms. The van der Waals surface area contributed by atoms with Crippen LogP contribution < -0.4 is 10.6 Å². The van der Waals surface area contributed by atoms with E-state index in [-0.39, 0.29) is 11.8 Å². The molecule has 3 rings (SSSR count). The van der Waals surface area contributed by atoms with Gasteiger partial charge in [0.1, 0.15) is 0 Å². The number of carbonyl (C=O) groups is 2. The van der Waals surface area contributed by atoms with Crippen LogP contribution in [0.1, 0.15) is 33.7 Å². The molecule has 0 saturated heterocycles. The van der Waals surface area contributed by atoms with Crippen molar-refractivity contribution in [3.05, 3.63) is 77.1 Å². The fourth-order valence-electron chi connectivity index (χ4n) is 3.17. The van der Waals surface area contributed by atoms with Gasteiger partial charge in [-0.1, -0.05) is 18.2 Å². The van der Waals surface area contributed by atoms with Crippen LogP contribution in [-0.4, -0.2) is 28.6 Å². The molecule has 1 heterocycles. The molecule has 0 aliphatic heterocycles. The molecule has 1 aromatic heterocycles. The van der Waals surface area contributed by atoms with Crippen LogP contribution in [0.5, 0.6) is 0 Å². The number of carbonyl (C=O) groups excluding carboxylic acids is 2. The Bertz CT molecular complexity index is 976. The summed E-state index contributed by atoms with van der Waals surface area (Å²) in [5.41, 5.74) is 5.31. The first-order valence-electron chi connectivity index (χ1n) is 9.22. The maximum Gasteiger partial charge on any atom is 0.251 e. The SMILES string of the molecule is CNC(=O)c1ccc(NC(=O)CCc2c(C)nn(-c3ccccc3)c2C)cc1. The van der Waals surface area contributed by atoms with Crippen LogP contribution in [-0.2, 0) is 11.2 Å². The summed E-state index contributed by atoms with van der Waals surface area (Å²) in [7, 11) is 1.59. The Hall–Kier alpha value is -3.41. The monoisotopic (exact) mass is 376 g/mol. The highest BCUT2D eigenvalue weighted by Gasteiger charge is 2.14. The zero-order valence-corrected chi connectivity index (χ0v) is 16.3. The molecule has 28 heavy (non-hydrogen) atoms. The zero-order chi connectivity index (χ0) is 20.1. The smallest absolute Gasteiger partial charge is 0.251 e. The van der Waals surface area contributed by atoms with Gasteiger partial charge in [0, 0.05) is 30.4 Å². The van der Waals surface area contributed by atoms with Crippen LogP contribution in [0, 0.1) is 13.8 Å².